The summed E-state index contributed by atoms with van der Waals surface area (Å²) in [5.41, 5.74) is 0. The summed E-state index contributed by atoms with van der Waals surface area (Å²) >= 11 is 1.73. The molecule has 0 heterocycles. The fraction of sp³-hybridized carbons (Fsp3) is 1.00. The van der Waals surface area contributed by atoms with Gasteiger partial charge in [0.2, 0.25) is 10.0 Å². The lowest BCUT2D eigenvalue weighted by atomic mass is 10.3. The van der Waals surface area contributed by atoms with Crippen LogP contribution in [0.2, 0.25) is 0 Å². The van der Waals surface area contributed by atoms with Crippen LogP contribution in [-0.2, 0) is 10.0 Å². The van der Waals surface area contributed by atoms with Crippen LogP contribution in [0.25, 0.3) is 0 Å². The third kappa shape index (κ3) is 7.49. The van der Waals surface area contributed by atoms with Gasteiger partial charge in [0.15, 0.2) is 0 Å². The molecule has 0 rings (SSSR count). The highest BCUT2D eigenvalue weighted by Gasteiger charge is 2.19. The van der Waals surface area contributed by atoms with Crippen LogP contribution in [0.15, 0.2) is 0 Å². The third-order valence-corrected chi connectivity index (χ3v) is 4.70. The number of nitrogens with one attached hydrogen (secondary N) is 2. The molecule has 4 nitrogen and oxygen atoms in total. The molecule has 0 aliphatic rings. The number of thioether (sulfide) groups is 1. The maximum absolute atomic E-state index is 11.7. The van der Waals surface area contributed by atoms with Crippen LogP contribution in [0.4, 0.5) is 0 Å². The normalized spacial score (nSPS) is 14.3. The highest BCUT2D eigenvalue weighted by molar-refractivity contribution is 7.98. The van der Waals surface area contributed by atoms with Crippen molar-refractivity contribution in [2.24, 2.45) is 0 Å². The van der Waals surface area contributed by atoms with Crippen LogP contribution in [0.3, 0.4) is 0 Å². The summed E-state index contributed by atoms with van der Waals surface area (Å²) in [5, 5.41) is 2.74. The van der Waals surface area contributed by atoms with Gasteiger partial charge in [-0.25, -0.2) is 13.1 Å². The van der Waals surface area contributed by atoms with Gasteiger partial charge in [-0.2, -0.15) is 11.8 Å². The second-order valence-corrected chi connectivity index (χ2v) is 7.33. The molecular weight excluding hydrogens is 244 g/mol. The Balaban J connectivity index is 3.91. The van der Waals surface area contributed by atoms with E-state index in [1.54, 1.807) is 18.7 Å². The number of hydrogen-bond acceptors (Lipinski definition) is 4. The second kappa shape index (κ2) is 8.33. The molecular formula is C10H24N2O2S2. The smallest absolute Gasteiger partial charge is 0.215 e. The van der Waals surface area contributed by atoms with Gasteiger partial charge in [-0.3, -0.25) is 0 Å². The molecule has 0 radical (unpaired) electrons. The Bertz CT molecular complexity index is 266. The minimum Gasteiger partial charge on any atom is -0.313 e. The van der Waals surface area contributed by atoms with E-state index in [1.807, 2.05) is 20.1 Å². The van der Waals surface area contributed by atoms with Crippen molar-refractivity contribution >= 4 is 21.8 Å². The number of rotatable bonds is 9. The van der Waals surface area contributed by atoms with E-state index in [0.717, 1.165) is 12.2 Å². The van der Waals surface area contributed by atoms with Crippen molar-refractivity contribution in [3.63, 3.8) is 0 Å². The summed E-state index contributed by atoms with van der Waals surface area (Å²) in [7, 11) is -3.16. The lowest BCUT2D eigenvalue weighted by Crippen LogP contribution is -2.41. The van der Waals surface area contributed by atoms with Crippen molar-refractivity contribution in [2.75, 3.05) is 25.1 Å². The fourth-order valence-corrected chi connectivity index (χ4v) is 2.55. The Morgan fingerprint density at radius 2 is 1.88 bits per heavy atom. The molecule has 0 spiro atoms. The minimum atomic E-state index is -3.16. The summed E-state index contributed by atoms with van der Waals surface area (Å²) < 4.78 is 26.1. The summed E-state index contributed by atoms with van der Waals surface area (Å²) in [6.07, 6.45) is 2.90. The Morgan fingerprint density at radius 3 is 2.38 bits per heavy atom. The molecule has 16 heavy (non-hydrogen) atoms. The maximum Gasteiger partial charge on any atom is 0.215 e. The zero-order valence-electron chi connectivity index (χ0n) is 10.6. The van der Waals surface area contributed by atoms with Crippen molar-refractivity contribution in [3.05, 3.63) is 0 Å². The molecule has 0 amide bonds. The molecule has 1 atom stereocenters. The molecule has 2 N–H and O–H groups in total. The van der Waals surface area contributed by atoms with Crippen LogP contribution < -0.4 is 10.0 Å². The van der Waals surface area contributed by atoms with Crippen molar-refractivity contribution in [2.45, 2.75) is 38.5 Å². The first kappa shape index (κ1) is 16.2. The van der Waals surface area contributed by atoms with Crippen LogP contribution >= 0.6 is 11.8 Å². The van der Waals surface area contributed by atoms with Crippen molar-refractivity contribution in [1.82, 2.24) is 10.0 Å². The molecule has 1 unspecified atom stereocenters. The van der Waals surface area contributed by atoms with E-state index in [9.17, 15) is 8.42 Å². The first-order valence-corrected chi connectivity index (χ1v) is 8.55. The molecule has 98 valence electrons. The van der Waals surface area contributed by atoms with Gasteiger partial charge >= 0.3 is 0 Å². The maximum atomic E-state index is 11.7. The van der Waals surface area contributed by atoms with E-state index < -0.39 is 10.0 Å². The average Bonchev–Trinajstić information content (AvgIpc) is 2.20. The summed E-state index contributed by atoms with van der Waals surface area (Å²) in [6.45, 7) is 6.77. The Morgan fingerprint density at radius 1 is 1.25 bits per heavy atom. The first-order valence-electron chi connectivity index (χ1n) is 5.61. The molecule has 0 aliphatic heterocycles. The monoisotopic (exact) mass is 268 g/mol. The lowest BCUT2D eigenvalue weighted by molar-refractivity contribution is 0.540. The second-order valence-electron chi connectivity index (χ2n) is 4.16. The molecule has 0 aromatic carbocycles. The van der Waals surface area contributed by atoms with E-state index in [2.05, 4.69) is 10.0 Å². The summed E-state index contributed by atoms with van der Waals surface area (Å²) in [6, 6.07) is 0.314. The van der Waals surface area contributed by atoms with E-state index in [1.165, 1.54) is 0 Å². The summed E-state index contributed by atoms with van der Waals surface area (Å²) in [4.78, 5) is 0. The van der Waals surface area contributed by atoms with Gasteiger partial charge in [-0.1, -0.05) is 13.8 Å². The highest BCUT2D eigenvalue weighted by Crippen LogP contribution is 1.99. The zero-order chi connectivity index (χ0) is 12.6. The SMILES string of the molecule is CSCCCNS(=O)(=O)C(C)CNC(C)C. The molecule has 0 saturated carbocycles. The predicted octanol–water partition coefficient (Wildman–Crippen LogP) is 1.05. The Labute approximate surface area is 104 Å². The largest absolute Gasteiger partial charge is 0.313 e. The van der Waals surface area contributed by atoms with Gasteiger partial charge in [0.25, 0.3) is 0 Å². The molecule has 0 saturated heterocycles. The lowest BCUT2D eigenvalue weighted by Gasteiger charge is -2.16. The van der Waals surface area contributed by atoms with Crippen molar-refractivity contribution in [3.8, 4) is 0 Å². The quantitative estimate of drug-likeness (QED) is 0.614. The van der Waals surface area contributed by atoms with Gasteiger partial charge in [-0.05, 0) is 25.4 Å². The number of hydrogen-bond donors (Lipinski definition) is 2. The van der Waals surface area contributed by atoms with E-state index in [-0.39, 0.29) is 5.25 Å². The third-order valence-electron chi connectivity index (χ3n) is 2.17. The Kier molecular flexibility index (Phi) is 8.45. The van der Waals surface area contributed by atoms with Crippen LogP contribution in [0.1, 0.15) is 27.2 Å². The summed E-state index contributed by atoms with van der Waals surface area (Å²) in [5.74, 6) is 0.987. The molecule has 6 heteroatoms. The van der Waals surface area contributed by atoms with Gasteiger partial charge in [0.1, 0.15) is 0 Å². The van der Waals surface area contributed by atoms with Gasteiger partial charge in [0.05, 0.1) is 5.25 Å². The first-order chi connectivity index (χ1) is 7.40. The predicted molar refractivity (Wildman–Crippen MR) is 72.5 cm³/mol. The molecule has 0 aliphatic carbocycles. The van der Waals surface area contributed by atoms with Gasteiger partial charge in [0, 0.05) is 19.1 Å². The van der Waals surface area contributed by atoms with Crippen LogP contribution in [0, 0.1) is 0 Å². The van der Waals surface area contributed by atoms with Crippen molar-refractivity contribution < 1.29 is 8.42 Å². The van der Waals surface area contributed by atoms with Crippen molar-refractivity contribution in [1.29, 1.82) is 0 Å². The molecule has 0 bridgehead atoms. The van der Waals surface area contributed by atoms with E-state index in [4.69, 9.17) is 0 Å². The standard InChI is InChI=1S/C10H24N2O2S2/c1-9(2)11-8-10(3)16(13,14)12-6-5-7-15-4/h9-12H,5-8H2,1-4H3. The van der Waals surface area contributed by atoms with Crippen LogP contribution in [-0.4, -0.2) is 44.8 Å². The highest BCUT2D eigenvalue weighted by atomic mass is 32.2. The molecule has 0 fully saturated rings. The minimum absolute atomic E-state index is 0.314. The average molecular weight is 268 g/mol. The van der Waals surface area contributed by atoms with Crippen LogP contribution in [0.5, 0.6) is 0 Å². The van der Waals surface area contributed by atoms with Gasteiger partial charge in [-0.15, -0.1) is 0 Å². The molecule has 0 aromatic rings. The fourth-order valence-electron chi connectivity index (χ4n) is 1.08. The molecule has 0 aromatic heterocycles. The Hall–Kier alpha value is 0.220. The number of sulfonamides is 1. The van der Waals surface area contributed by atoms with E-state index >= 15 is 0 Å². The van der Waals surface area contributed by atoms with Gasteiger partial charge < -0.3 is 5.32 Å². The topological polar surface area (TPSA) is 58.2 Å². The van der Waals surface area contributed by atoms with E-state index in [0.29, 0.717) is 19.1 Å². The zero-order valence-corrected chi connectivity index (χ0v) is 12.2.